The predicted molar refractivity (Wildman–Crippen MR) is 127 cm³/mol. The second kappa shape index (κ2) is 11.5. The summed E-state index contributed by atoms with van der Waals surface area (Å²) in [6.45, 7) is 3.19. The average Bonchev–Trinajstić information content (AvgIpc) is 3.17. The molecular formula is C23H26N4O6S. The average molecular weight is 487 g/mol. The molecule has 0 bridgehead atoms. The van der Waals surface area contributed by atoms with Crippen molar-refractivity contribution in [2.24, 2.45) is 0 Å². The molecule has 1 aromatic carbocycles. The number of benzene rings is 1. The summed E-state index contributed by atoms with van der Waals surface area (Å²) in [6, 6.07) is 7.76. The van der Waals surface area contributed by atoms with Gasteiger partial charge >= 0.3 is 11.9 Å². The second-order valence-corrected chi connectivity index (χ2v) is 8.23. The number of amides is 1. The molecule has 0 aliphatic rings. The Morgan fingerprint density at radius 1 is 1.18 bits per heavy atom. The molecule has 10 nitrogen and oxygen atoms in total. The molecule has 1 atom stereocenters. The number of aryl methyl sites for hydroxylation is 1. The van der Waals surface area contributed by atoms with Crippen LogP contribution in [-0.4, -0.2) is 52.5 Å². The topological polar surface area (TPSA) is 147 Å². The smallest absolute Gasteiger partial charge is 0.342 e. The number of hydrogen-bond donors (Lipinski definition) is 2. The van der Waals surface area contributed by atoms with Crippen molar-refractivity contribution >= 4 is 46.5 Å². The number of hydrogen-bond acceptors (Lipinski definition) is 10. The van der Waals surface area contributed by atoms with Crippen molar-refractivity contribution in [2.75, 3.05) is 24.3 Å². The summed E-state index contributed by atoms with van der Waals surface area (Å²) < 4.78 is 16.0. The van der Waals surface area contributed by atoms with E-state index in [-0.39, 0.29) is 47.4 Å². The molecule has 0 spiro atoms. The number of nitrogens with two attached hydrogens (primary N) is 1. The molecule has 0 fully saturated rings. The van der Waals surface area contributed by atoms with Gasteiger partial charge in [0.25, 0.3) is 5.91 Å². The van der Waals surface area contributed by atoms with Gasteiger partial charge < -0.3 is 24.9 Å². The van der Waals surface area contributed by atoms with E-state index in [1.54, 1.807) is 55.9 Å². The highest BCUT2D eigenvalue weighted by molar-refractivity contribution is 7.98. The molecule has 3 rings (SSSR count). The minimum Gasteiger partial charge on any atom is -0.462 e. The van der Waals surface area contributed by atoms with Crippen LogP contribution in [0.2, 0.25) is 0 Å². The molecular weight excluding hydrogens is 460 g/mol. The highest BCUT2D eigenvalue weighted by Crippen LogP contribution is 2.29. The zero-order valence-electron chi connectivity index (χ0n) is 19.1. The molecule has 34 heavy (non-hydrogen) atoms. The number of aromatic nitrogens is 2. The van der Waals surface area contributed by atoms with Crippen LogP contribution in [0.15, 0.2) is 34.7 Å². The van der Waals surface area contributed by atoms with Crippen molar-refractivity contribution in [2.45, 2.75) is 32.9 Å². The molecule has 0 aliphatic carbocycles. The Balaban J connectivity index is 1.74. The quantitative estimate of drug-likeness (QED) is 0.410. The number of furan rings is 1. The zero-order chi connectivity index (χ0) is 24.7. The first-order valence-electron chi connectivity index (χ1n) is 10.6. The Kier molecular flexibility index (Phi) is 8.47. The monoisotopic (exact) mass is 486 g/mol. The van der Waals surface area contributed by atoms with E-state index in [0.717, 1.165) is 0 Å². The number of esters is 2. The van der Waals surface area contributed by atoms with Gasteiger partial charge in [0, 0.05) is 5.56 Å². The number of rotatable bonds is 10. The van der Waals surface area contributed by atoms with Crippen LogP contribution >= 0.6 is 11.8 Å². The van der Waals surface area contributed by atoms with Crippen LogP contribution in [0.25, 0.3) is 11.1 Å². The number of ether oxygens (including phenoxy) is 2. The third-order valence-corrected chi connectivity index (χ3v) is 5.51. The van der Waals surface area contributed by atoms with Crippen molar-refractivity contribution in [3.63, 3.8) is 0 Å². The summed E-state index contributed by atoms with van der Waals surface area (Å²) in [6.07, 6.45) is 2.30. The molecule has 0 aliphatic heterocycles. The van der Waals surface area contributed by atoms with E-state index in [2.05, 4.69) is 15.3 Å². The lowest BCUT2D eigenvalue weighted by atomic mass is 10.1. The number of anilines is 1. The molecule has 3 aromatic rings. The van der Waals surface area contributed by atoms with Crippen LogP contribution in [0.1, 0.15) is 45.6 Å². The Labute approximate surface area is 200 Å². The zero-order valence-corrected chi connectivity index (χ0v) is 19.9. The molecule has 2 heterocycles. The number of fused-ring (bicyclic) bond motifs is 1. The minimum absolute atomic E-state index is 0.00673. The molecule has 2 aromatic heterocycles. The first kappa shape index (κ1) is 25.0. The summed E-state index contributed by atoms with van der Waals surface area (Å²) in [5, 5.41) is 2.97. The van der Waals surface area contributed by atoms with Gasteiger partial charge in [0.05, 0.1) is 12.0 Å². The van der Waals surface area contributed by atoms with E-state index in [1.807, 2.05) is 6.26 Å². The third-order valence-electron chi connectivity index (χ3n) is 4.86. The van der Waals surface area contributed by atoms with Crippen molar-refractivity contribution < 1.29 is 28.3 Å². The second-order valence-electron chi connectivity index (χ2n) is 7.24. The fourth-order valence-electron chi connectivity index (χ4n) is 3.25. The van der Waals surface area contributed by atoms with Crippen LogP contribution in [0.5, 0.6) is 0 Å². The van der Waals surface area contributed by atoms with E-state index in [0.29, 0.717) is 23.5 Å². The van der Waals surface area contributed by atoms with E-state index in [1.165, 1.54) is 0 Å². The maximum absolute atomic E-state index is 12.7. The van der Waals surface area contributed by atoms with Crippen LogP contribution in [-0.2, 0) is 20.9 Å². The van der Waals surface area contributed by atoms with Crippen molar-refractivity contribution in [3.05, 3.63) is 53.0 Å². The molecule has 0 radical (unpaired) electrons. The maximum Gasteiger partial charge on any atom is 0.342 e. The summed E-state index contributed by atoms with van der Waals surface area (Å²) in [4.78, 5) is 45.9. The largest absolute Gasteiger partial charge is 0.462 e. The van der Waals surface area contributed by atoms with Gasteiger partial charge in [-0.2, -0.15) is 16.7 Å². The van der Waals surface area contributed by atoms with Crippen LogP contribution < -0.4 is 11.1 Å². The fraction of sp³-hybridized carbons (Fsp3) is 0.348. The number of nitrogens with one attached hydrogen (secondary N) is 1. The van der Waals surface area contributed by atoms with Gasteiger partial charge in [-0.15, -0.1) is 0 Å². The lowest BCUT2D eigenvalue weighted by Gasteiger charge is -2.17. The first-order valence-corrected chi connectivity index (χ1v) is 12.0. The van der Waals surface area contributed by atoms with Gasteiger partial charge in [0.1, 0.15) is 23.2 Å². The van der Waals surface area contributed by atoms with Gasteiger partial charge in [-0.25, -0.2) is 14.6 Å². The standard InChI is InChI=1S/C23H26N4O6S/c1-4-31-23(30)17-13(2)33-21-18(17)19(24)26-16(27-21)12-32-22(29)15(10-11-34-3)25-20(28)14-8-6-5-7-9-14/h5-9,15H,4,10-12H2,1-3H3,(H,25,28)(H2,24,26,27). The van der Waals surface area contributed by atoms with E-state index in [9.17, 15) is 14.4 Å². The van der Waals surface area contributed by atoms with E-state index >= 15 is 0 Å². The number of carbonyl (C=O) groups is 3. The molecule has 1 amide bonds. The Hall–Kier alpha value is -3.60. The number of nitrogens with zero attached hydrogens (tertiary/aromatic N) is 2. The molecule has 0 saturated heterocycles. The summed E-state index contributed by atoms with van der Waals surface area (Å²) >= 11 is 1.55. The Bertz CT molecular complexity index is 1180. The van der Waals surface area contributed by atoms with Crippen molar-refractivity contribution in [1.29, 1.82) is 0 Å². The molecule has 11 heteroatoms. The highest BCUT2D eigenvalue weighted by atomic mass is 32.2. The number of thioether (sulfide) groups is 1. The van der Waals surface area contributed by atoms with E-state index in [4.69, 9.17) is 19.6 Å². The fourth-order valence-corrected chi connectivity index (χ4v) is 3.72. The number of carbonyl (C=O) groups excluding carboxylic acids is 3. The molecule has 3 N–H and O–H groups in total. The minimum atomic E-state index is -0.845. The van der Waals surface area contributed by atoms with Gasteiger partial charge in [0.2, 0.25) is 5.71 Å². The maximum atomic E-state index is 12.7. The summed E-state index contributed by atoms with van der Waals surface area (Å²) in [7, 11) is 0. The van der Waals surface area contributed by atoms with E-state index < -0.39 is 18.0 Å². The lowest BCUT2D eigenvalue weighted by Crippen LogP contribution is -2.42. The van der Waals surface area contributed by atoms with Gasteiger partial charge in [0.15, 0.2) is 12.4 Å². The third kappa shape index (κ3) is 5.84. The lowest BCUT2D eigenvalue weighted by molar-refractivity contribution is -0.147. The van der Waals surface area contributed by atoms with Crippen LogP contribution in [0.4, 0.5) is 5.82 Å². The van der Waals surface area contributed by atoms with Crippen molar-refractivity contribution in [1.82, 2.24) is 15.3 Å². The Morgan fingerprint density at radius 3 is 2.59 bits per heavy atom. The normalized spacial score (nSPS) is 11.7. The predicted octanol–water partition coefficient (Wildman–Crippen LogP) is 2.89. The summed E-state index contributed by atoms with van der Waals surface area (Å²) in [5.74, 6) is -0.533. The summed E-state index contributed by atoms with van der Waals surface area (Å²) in [5.41, 5.74) is 6.75. The van der Waals surface area contributed by atoms with Crippen molar-refractivity contribution in [3.8, 4) is 0 Å². The van der Waals surface area contributed by atoms with Gasteiger partial charge in [-0.05, 0) is 44.4 Å². The molecule has 0 saturated carbocycles. The SMILES string of the molecule is CCOC(=O)c1c(C)oc2nc(COC(=O)C(CCSC)NC(=O)c3ccccc3)nc(N)c12. The van der Waals surface area contributed by atoms with Crippen LogP contribution in [0.3, 0.4) is 0 Å². The number of nitrogen functional groups attached to an aromatic ring is 1. The van der Waals surface area contributed by atoms with Crippen LogP contribution in [0, 0.1) is 6.92 Å². The van der Waals surface area contributed by atoms with Gasteiger partial charge in [-0.3, -0.25) is 4.79 Å². The molecule has 180 valence electrons. The first-order chi connectivity index (χ1) is 16.3. The van der Waals surface area contributed by atoms with Gasteiger partial charge in [-0.1, -0.05) is 18.2 Å². The molecule has 1 unspecified atom stereocenters. The highest BCUT2D eigenvalue weighted by Gasteiger charge is 2.26. The Morgan fingerprint density at radius 2 is 1.91 bits per heavy atom.